The highest BCUT2D eigenvalue weighted by atomic mass is 16.5. The first-order valence-corrected chi connectivity index (χ1v) is 8.24. The lowest BCUT2D eigenvalue weighted by Gasteiger charge is -2.30. The van der Waals surface area contributed by atoms with Gasteiger partial charge in [-0.2, -0.15) is 0 Å². The van der Waals surface area contributed by atoms with Gasteiger partial charge in [-0.05, 0) is 35.8 Å². The average molecular weight is 342 g/mol. The molecule has 5 heteroatoms. The standard InChI is InChI=1S/C20H22O5/c1-5-6-13-10-20(25-4)11(2)16(17(18(13)22)19(20)23)12-7-8-14(21)15(9-12)24-3/h5,7-11,16-17,21H,1,6H2,2-4H3/t11-,16+,17-,20+/m1/s1. The summed E-state index contributed by atoms with van der Waals surface area (Å²) in [7, 11) is 2.97. The lowest BCUT2D eigenvalue weighted by molar-refractivity contribution is -0.141. The first kappa shape index (κ1) is 17.4. The Morgan fingerprint density at radius 2 is 2.04 bits per heavy atom. The van der Waals surface area contributed by atoms with Gasteiger partial charge < -0.3 is 14.6 Å². The molecular formula is C20H22O5. The molecule has 0 aromatic heterocycles. The first-order valence-electron chi connectivity index (χ1n) is 8.24. The fourth-order valence-electron chi connectivity index (χ4n) is 4.24. The van der Waals surface area contributed by atoms with Crippen molar-refractivity contribution in [3.8, 4) is 11.5 Å². The summed E-state index contributed by atoms with van der Waals surface area (Å²) < 4.78 is 10.8. The minimum absolute atomic E-state index is 0.0180. The number of fused-ring (bicyclic) bond motifs is 2. The van der Waals surface area contributed by atoms with E-state index in [1.165, 1.54) is 20.3 Å². The monoisotopic (exact) mass is 342 g/mol. The number of carbonyl (C=O) groups is 2. The van der Waals surface area contributed by atoms with Crippen molar-refractivity contribution in [1.82, 2.24) is 0 Å². The Bertz CT molecular complexity index is 778. The molecule has 3 rings (SSSR count). The van der Waals surface area contributed by atoms with Crippen LogP contribution in [0.1, 0.15) is 24.8 Å². The van der Waals surface area contributed by atoms with Crippen LogP contribution in [-0.2, 0) is 14.3 Å². The molecule has 1 fully saturated rings. The molecule has 0 radical (unpaired) electrons. The molecule has 0 saturated heterocycles. The Morgan fingerprint density at radius 3 is 2.64 bits per heavy atom. The summed E-state index contributed by atoms with van der Waals surface area (Å²) in [6.45, 7) is 5.62. The van der Waals surface area contributed by atoms with Gasteiger partial charge in [-0.15, -0.1) is 6.58 Å². The number of methoxy groups -OCH3 is 2. The van der Waals surface area contributed by atoms with Crippen LogP contribution in [0, 0.1) is 11.8 Å². The third-order valence-electron chi connectivity index (χ3n) is 5.52. The van der Waals surface area contributed by atoms with Crippen LogP contribution in [0.3, 0.4) is 0 Å². The van der Waals surface area contributed by atoms with Gasteiger partial charge in [0.05, 0.1) is 13.0 Å². The van der Waals surface area contributed by atoms with Crippen LogP contribution in [-0.4, -0.2) is 36.5 Å². The van der Waals surface area contributed by atoms with Crippen LogP contribution in [0.2, 0.25) is 0 Å². The minimum atomic E-state index is -1.10. The maximum absolute atomic E-state index is 13.0. The molecule has 2 aliphatic rings. The van der Waals surface area contributed by atoms with E-state index in [2.05, 4.69) is 6.58 Å². The van der Waals surface area contributed by atoms with Gasteiger partial charge in [0.15, 0.2) is 23.1 Å². The van der Waals surface area contributed by atoms with E-state index in [9.17, 15) is 14.7 Å². The Hall–Kier alpha value is -2.40. The first-order chi connectivity index (χ1) is 11.9. The molecule has 0 aliphatic heterocycles. The van der Waals surface area contributed by atoms with E-state index in [-0.39, 0.29) is 29.2 Å². The number of hydrogen-bond acceptors (Lipinski definition) is 5. The highest BCUT2D eigenvalue weighted by Crippen LogP contribution is 2.54. The SMILES string of the molecule is C=CCC1=C[C@@]2(OC)C(=O)[C@@H](C1=O)[C@H](c1ccc(O)c(OC)c1)[C@H]2C. The molecule has 1 N–H and O–H groups in total. The molecule has 132 valence electrons. The van der Waals surface area contributed by atoms with Gasteiger partial charge in [-0.25, -0.2) is 0 Å². The molecule has 2 bridgehead atoms. The van der Waals surface area contributed by atoms with Crippen molar-refractivity contribution >= 4 is 11.6 Å². The molecule has 0 amide bonds. The van der Waals surface area contributed by atoms with Crippen molar-refractivity contribution in [3.05, 3.63) is 48.1 Å². The summed E-state index contributed by atoms with van der Waals surface area (Å²) in [5, 5.41) is 9.84. The minimum Gasteiger partial charge on any atom is -0.504 e. The van der Waals surface area contributed by atoms with Crippen molar-refractivity contribution < 1.29 is 24.2 Å². The zero-order valence-corrected chi connectivity index (χ0v) is 14.6. The number of ketones is 2. The number of carbonyl (C=O) groups excluding carboxylic acids is 2. The number of phenolic OH excluding ortho intramolecular Hbond substituents is 1. The Labute approximate surface area is 146 Å². The average Bonchev–Trinajstić information content (AvgIpc) is 2.76. The van der Waals surface area contributed by atoms with E-state index < -0.39 is 11.5 Å². The maximum Gasteiger partial charge on any atom is 0.180 e. The molecule has 0 spiro atoms. The van der Waals surface area contributed by atoms with Gasteiger partial charge >= 0.3 is 0 Å². The van der Waals surface area contributed by atoms with Crippen LogP contribution in [0.5, 0.6) is 11.5 Å². The predicted octanol–water partition coefficient (Wildman–Crippen LogP) is 2.79. The molecule has 4 atom stereocenters. The number of hydrogen-bond donors (Lipinski definition) is 1. The van der Waals surface area contributed by atoms with Crippen molar-refractivity contribution in [3.63, 3.8) is 0 Å². The summed E-state index contributed by atoms with van der Waals surface area (Å²) in [5.41, 5.74) is 0.245. The lowest BCUT2D eigenvalue weighted by atomic mass is 9.80. The van der Waals surface area contributed by atoms with Crippen LogP contribution in [0.15, 0.2) is 42.5 Å². The second-order valence-corrected chi connectivity index (χ2v) is 6.61. The largest absolute Gasteiger partial charge is 0.504 e. The second-order valence-electron chi connectivity index (χ2n) is 6.61. The number of phenols is 1. The van der Waals surface area contributed by atoms with Crippen LogP contribution in [0.4, 0.5) is 0 Å². The normalized spacial score (nSPS) is 31.0. The Kier molecular flexibility index (Phi) is 4.29. The summed E-state index contributed by atoms with van der Waals surface area (Å²) in [6, 6.07) is 4.95. The predicted molar refractivity (Wildman–Crippen MR) is 92.7 cm³/mol. The van der Waals surface area contributed by atoms with E-state index in [0.29, 0.717) is 17.7 Å². The maximum atomic E-state index is 13.0. The van der Waals surface area contributed by atoms with E-state index >= 15 is 0 Å². The molecule has 1 saturated carbocycles. The number of Topliss-reactive ketones (excluding diaryl/α,β-unsaturated/α-hetero) is 2. The van der Waals surface area contributed by atoms with E-state index in [4.69, 9.17) is 9.47 Å². The molecular weight excluding hydrogens is 320 g/mol. The number of rotatable bonds is 5. The van der Waals surface area contributed by atoms with Gasteiger partial charge in [0.1, 0.15) is 5.60 Å². The van der Waals surface area contributed by atoms with E-state index in [1.54, 1.807) is 24.3 Å². The molecule has 2 aliphatic carbocycles. The molecule has 0 heterocycles. The summed E-state index contributed by atoms with van der Waals surface area (Å²) in [5.74, 6) is -1.38. The van der Waals surface area contributed by atoms with Gasteiger partial charge in [-0.3, -0.25) is 9.59 Å². The summed E-state index contributed by atoms with van der Waals surface area (Å²) in [6.07, 6.45) is 3.75. The van der Waals surface area contributed by atoms with Gasteiger partial charge in [0.2, 0.25) is 0 Å². The Morgan fingerprint density at radius 1 is 1.32 bits per heavy atom. The molecule has 1 aromatic carbocycles. The Balaban J connectivity index is 2.14. The lowest BCUT2D eigenvalue weighted by Crippen LogP contribution is -2.45. The number of allylic oxidation sites excluding steroid dienone is 2. The van der Waals surface area contributed by atoms with E-state index in [0.717, 1.165) is 5.56 Å². The van der Waals surface area contributed by atoms with Gasteiger partial charge in [0.25, 0.3) is 0 Å². The number of ether oxygens (including phenoxy) is 2. The fraction of sp³-hybridized carbons (Fsp3) is 0.400. The molecule has 1 aromatic rings. The third kappa shape index (κ3) is 2.34. The van der Waals surface area contributed by atoms with Crippen molar-refractivity contribution in [2.75, 3.05) is 14.2 Å². The quantitative estimate of drug-likeness (QED) is 0.658. The van der Waals surface area contributed by atoms with Crippen LogP contribution < -0.4 is 4.74 Å². The van der Waals surface area contributed by atoms with Crippen LogP contribution in [0.25, 0.3) is 0 Å². The van der Waals surface area contributed by atoms with Gasteiger partial charge in [-0.1, -0.05) is 19.1 Å². The summed E-state index contributed by atoms with van der Waals surface area (Å²) in [4.78, 5) is 25.9. The highest BCUT2D eigenvalue weighted by Gasteiger charge is 2.63. The van der Waals surface area contributed by atoms with Crippen molar-refractivity contribution in [2.24, 2.45) is 11.8 Å². The topological polar surface area (TPSA) is 72.8 Å². The van der Waals surface area contributed by atoms with Gasteiger partial charge in [0, 0.05) is 18.9 Å². The molecule has 5 nitrogen and oxygen atoms in total. The zero-order chi connectivity index (χ0) is 18.4. The van der Waals surface area contributed by atoms with Crippen molar-refractivity contribution in [1.29, 1.82) is 0 Å². The van der Waals surface area contributed by atoms with Crippen LogP contribution >= 0.6 is 0 Å². The van der Waals surface area contributed by atoms with E-state index in [1.807, 2.05) is 6.92 Å². The highest BCUT2D eigenvalue weighted by molar-refractivity contribution is 6.19. The summed E-state index contributed by atoms with van der Waals surface area (Å²) >= 11 is 0. The van der Waals surface area contributed by atoms with Crippen molar-refractivity contribution in [2.45, 2.75) is 24.9 Å². The smallest absolute Gasteiger partial charge is 0.180 e. The zero-order valence-electron chi connectivity index (χ0n) is 14.6. The second kappa shape index (κ2) is 6.15. The third-order valence-corrected chi connectivity index (χ3v) is 5.52. The molecule has 0 unspecified atom stereocenters. The number of benzene rings is 1. The molecule has 25 heavy (non-hydrogen) atoms. The fourth-order valence-corrected chi connectivity index (χ4v) is 4.24. The number of aromatic hydroxyl groups is 1.